The summed E-state index contributed by atoms with van der Waals surface area (Å²) in [7, 11) is 2.26. The van der Waals surface area contributed by atoms with E-state index in [1.165, 1.54) is 38.8 Å². The summed E-state index contributed by atoms with van der Waals surface area (Å²) >= 11 is 0. The highest BCUT2D eigenvalue weighted by Gasteiger charge is 2.21. The minimum atomic E-state index is 0.735. The number of rotatable bonds is 8. The quantitative estimate of drug-likeness (QED) is 0.665. The van der Waals surface area contributed by atoms with Crippen LogP contribution in [0.4, 0.5) is 0 Å². The van der Waals surface area contributed by atoms with Crippen LogP contribution in [0, 0.1) is 5.92 Å². The SMILES string of the molecule is CCCC(C)N(C)CC(C)CNC1CC1. The first-order valence-corrected chi connectivity index (χ1v) is 6.57. The van der Waals surface area contributed by atoms with Crippen molar-refractivity contribution in [1.82, 2.24) is 10.2 Å². The lowest BCUT2D eigenvalue weighted by atomic mass is 10.1. The van der Waals surface area contributed by atoms with Gasteiger partial charge in [0.05, 0.1) is 0 Å². The zero-order valence-electron chi connectivity index (χ0n) is 10.9. The standard InChI is InChI=1S/C13H28N2/c1-5-6-12(3)15(4)10-11(2)9-14-13-7-8-13/h11-14H,5-10H2,1-4H3. The van der Waals surface area contributed by atoms with E-state index < -0.39 is 0 Å². The van der Waals surface area contributed by atoms with Gasteiger partial charge in [0.15, 0.2) is 0 Å². The van der Waals surface area contributed by atoms with Crippen molar-refractivity contribution in [3.63, 3.8) is 0 Å². The minimum Gasteiger partial charge on any atom is -0.314 e. The summed E-state index contributed by atoms with van der Waals surface area (Å²) in [4.78, 5) is 2.50. The van der Waals surface area contributed by atoms with Gasteiger partial charge in [-0.25, -0.2) is 0 Å². The Labute approximate surface area is 95.4 Å². The predicted octanol–water partition coefficient (Wildman–Crippen LogP) is 2.49. The molecule has 0 radical (unpaired) electrons. The fourth-order valence-electron chi connectivity index (χ4n) is 2.03. The zero-order valence-corrected chi connectivity index (χ0v) is 10.9. The molecule has 2 nitrogen and oxygen atoms in total. The van der Waals surface area contributed by atoms with Crippen LogP contribution < -0.4 is 5.32 Å². The van der Waals surface area contributed by atoms with E-state index in [4.69, 9.17) is 0 Å². The Morgan fingerprint density at radius 1 is 1.33 bits per heavy atom. The van der Waals surface area contributed by atoms with Gasteiger partial charge in [-0.05, 0) is 45.7 Å². The van der Waals surface area contributed by atoms with Crippen LogP contribution in [0.15, 0.2) is 0 Å². The molecule has 2 atom stereocenters. The topological polar surface area (TPSA) is 15.3 Å². The van der Waals surface area contributed by atoms with E-state index in [0.29, 0.717) is 0 Å². The van der Waals surface area contributed by atoms with E-state index >= 15 is 0 Å². The van der Waals surface area contributed by atoms with Crippen molar-refractivity contribution < 1.29 is 0 Å². The number of nitrogens with one attached hydrogen (secondary N) is 1. The van der Waals surface area contributed by atoms with Gasteiger partial charge in [0, 0.05) is 18.6 Å². The monoisotopic (exact) mass is 212 g/mol. The van der Waals surface area contributed by atoms with Crippen molar-refractivity contribution >= 4 is 0 Å². The second-order valence-corrected chi connectivity index (χ2v) is 5.36. The summed E-state index contributed by atoms with van der Waals surface area (Å²) in [5.74, 6) is 0.773. The zero-order chi connectivity index (χ0) is 11.3. The van der Waals surface area contributed by atoms with E-state index in [1.807, 2.05) is 0 Å². The normalized spacial score (nSPS) is 20.6. The van der Waals surface area contributed by atoms with Gasteiger partial charge in [0.1, 0.15) is 0 Å². The molecule has 0 aliphatic heterocycles. The summed E-state index contributed by atoms with van der Waals surface area (Å²) < 4.78 is 0. The molecule has 90 valence electrons. The first kappa shape index (κ1) is 13.0. The van der Waals surface area contributed by atoms with Crippen molar-refractivity contribution in [2.75, 3.05) is 20.1 Å². The Balaban J connectivity index is 2.08. The highest BCUT2D eigenvalue weighted by molar-refractivity contribution is 4.81. The van der Waals surface area contributed by atoms with Crippen molar-refractivity contribution in [2.24, 2.45) is 5.92 Å². The lowest BCUT2D eigenvalue weighted by Gasteiger charge is -2.27. The lowest BCUT2D eigenvalue weighted by molar-refractivity contribution is 0.212. The third kappa shape index (κ3) is 5.53. The maximum Gasteiger partial charge on any atom is 0.00683 e. The minimum absolute atomic E-state index is 0.735. The third-order valence-electron chi connectivity index (χ3n) is 3.39. The van der Waals surface area contributed by atoms with E-state index in [1.54, 1.807) is 0 Å². The van der Waals surface area contributed by atoms with Gasteiger partial charge in [0.25, 0.3) is 0 Å². The first-order valence-electron chi connectivity index (χ1n) is 6.57. The van der Waals surface area contributed by atoms with Gasteiger partial charge in [-0.3, -0.25) is 0 Å². The van der Waals surface area contributed by atoms with Crippen molar-refractivity contribution in [2.45, 2.75) is 58.5 Å². The Kier molecular flexibility index (Phi) is 5.62. The Hall–Kier alpha value is -0.0800. The second-order valence-electron chi connectivity index (χ2n) is 5.36. The molecule has 1 rings (SSSR count). The van der Waals surface area contributed by atoms with E-state index in [0.717, 1.165) is 18.0 Å². The van der Waals surface area contributed by atoms with Crippen molar-refractivity contribution in [3.8, 4) is 0 Å². The fourth-order valence-corrected chi connectivity index (χ4v) is 2.03. The molecule has 1 aliphatic rings. The highest BCUT2D eigenvalue weighted by Crippen LogP contribution is 2.18. The van der Waals surface area contributed by atoms with Crippen LogP contribution >= 0.6 is 0 Å². The number of nitrogens with zero attached hydrogens (tertiary/aromatic N) is 1. The fraction of sp³-hybridized carbons (Fsp3) is 1.00. The average molecular weight is 212 g/mol. The first-order chi connectivity index (χ1) is 7.13. The number of hydrogen-bond donors (Lipinski definition) is 1. The summed E-state index contributed by atoms with van der Waals surface area (Å²) in [6.07, 6.45) is 5.41. The predicted molar refractivity (Wildman–Crippen MR) is 67.2 cm³/mol. The van der Waals surface area contributed by atoms with Crippen LogP contribution in [0.25, 0.3) is 0 Å². The van der Waals surface area contributed by atoms with E-state index in [-0.39, 0.29) is 0 Å². The van der Waals surface area contributed by atoms with Gasteiger partial charge >= 0.3 is 0 Å². The van der Waals surface area contributed by atoms with Crippen LogP contribution in [0.3, 0.4) is 0 Å². The molecule has 1 saturated carbocycles. The summed E-state index contributed by atoms with van der Waals surface area (Å²) in [5.41, 5.74) is 0. The van der Waals surface area contributed by atoms with Gasteiger partial charge in [-0.1, -0.05) is 20.3 Å². The number of hydrogen-bond acceptors (Lipinski definition) is 2. The molecule has 1 N–H and O–H groups in total. The molecule has 0 aromatic carbocycles. The van der Waals surface area contributed by atoms with Gasteiger partial charge in [0.2, 0.25) is 0 Å². The maximum atomic E-state index is 3.61. The molecular formula is C13H28N2. The molecule has 0 spiro atoms. The van der Waals surface area contributed by atoms with E-state index in [9.17, 15) is 0 Å². The van der Waals surface area contributed by atoms with Gasteiger partial charge in [-0.2, -0.15) is 0 Å². The van der Waals surface area contributed by atoms with Crippen LogP contribution in [0.5, 0.6) is 0 Å². The molecule has 1 fully saturated rings. The molecule has 0 aromatic heterocycles. The molecule has 0 aromatic rings. The summed E-state index contributed by atoms with van der Waals surface area (Å²) in [6.45, 7) is 9.37. The molecular weight excluding hydrogens is 184 g/mol. The molecule has 2 heteroatoms. The largest absolute Gasteiger partial charge is 0.314 e. The van der Waals surface area contributed by atoms with Crippen molar-refractivity contribution in [1.29, 1.82) is 0 Å². The van der Waals surface area contributed by atoms with Crippen molar-refractivity contribution in [3.05, 3.63) is 0 Å². The molecule has 0 heterocycles. The molecule has 15 heavy (non-hydrogen) atoms. The van der Waals surface area contributed by atoms with Crippen LogP contribution in [-0.2, 0) is 0 Å². The maximum absolute atomic E-state index is 3.61. The molecule has 0 bridgehead atoms. The van der Waals surface area contributed by atoms with Crippen LogP contribution in [0.2, 0.25) is 0 Å². The molecule has 1 aliphatic carbocycles. The van der Waals surface area contributed by atoms with Gasteiger partial charge in [-0.15, -0.1) is 0 Å². The van der Waals surface area contributed by atoms with Crippen LogP contribution in [-0.4, -0.2) is 37.1 Å². The molecule has 2 unspecified atom stereocenters. The Morgan fingerprint density at radius 2 is 2.00 bits per heavy atom. The molecule has 0 amide bonds. The summed E-state index contributed by atoms with van der Waals surface area (Å²) in [5, 5.41) is 3.61. The van der Waals surface area contributed by atoms with Gasteiger partial charge < -0.3 is 10.2 Å². The smallest absolute Gasteiger partial charge is 0.00683 e. The Morgan fingerprint density at radius 3 is 2.53 bits per heavy atom. The Bertz CT molecular complexity index is 166. The highest BCUT2D eigenvalue weighted by atomic mass is 15.1. The third-order valence-corrected chi connectivity index (χ3v) is 3.39. The average Bonchev–Trinajstić information content (AvgIpc) is 2.98. The second kappa shape index (κ2) is 6.49. The lowest BCUT2D eigenvalue weighted by Crippen LogP contribution is -2.36. The van der Waals surface area contributed by atoms with Crippen LogP contribution in [0.1, 0.15) is 46.5 Å². The summed E-state index contributed by atoms with van der Waals surface area (Å²) in [6, 6.07) is 1.59. The molecule has 0 saturated heterocycles. The van der Waals surface area contributed by atoms with E-state index in [2.05, 4.69) is 38.0 Å².